The molecule has 1 saturated carbocycles. The fourth-order valence-corrected chi connectivity index (χ4v) is 2.77. The monoisotopic (exact) mass is 318 g/mol. The molecule has 0 aromatic carbocycles. The molecule has 120 valence electrons. The first-order valence-corrected chi connectivity index (χ1v) is 7.46. The van der Waals surface area contributed by atoms with Crippen molar-refractivity contribution < 1.29 is 13.5 Å². The Hall–Kier alpha value is -2.49. The summed E-state index contributed by atoms with van der Waals surface area (Å²) in [7, 11) is 0. The van der Waals surface area contributed by atoms with Gasteiger partial charge >= 0.3 is 0 Å². The highest BCUT2D eigenvalue weighted by Gasteiger charge is 2.36. The zero-order valence-electron chi connectivity index (χ0n) is 12.4. The van der Waals surface area contributed by atoms with Gasteiger partial charge in [-0.05, 0) is 24.8 Å². The predicted molar refractivity (Wildman–Crippen MR) is 81.2 cm³/mol. The Morgan fingerprint density at radius 2 is 2.17 bits per heavy atom. The van der Waals surface area contributed by atoms with E-state index in [9.17, 15) is 8.78 Å². The van der Waals surface area contributed by atoms with Crippen LogP contribution >= 0.6 is 0 Å². The zero-order chi connectivity index (χ0) is 16.3. The highest BCUT2D eigenvalue weighted by molar-refractivity contribution is 5.84. The van der Waals surface area contributed by atoms with E-state index in [4.69, 9.17) is 11.3 Å². The smallest absolute Gasteiger partial charge is 0.248 e. The molecule has 1 fully saturated rings. The van der Waals surface area contributed by atoms with E-state index < -0.39 is 5.92 Å². The number of alkyl halides is 2. The van der Waals surface area contributed by atoms with E-state index in [0.717, 1.165) is 10.9 Å². The van der Waals surface area contributed by atoms with Crippen molar-refractivity contribution in [3.63, 3.8) is 0 Å². The highest BCUT2D eigenvalue weighted by atomic mass is 19.3. The number of rotatable bonds is 4. The molecule has 7 heteroatoms. The number of halogens is 2. The molecule has 1 aliphatic rings. The number of aromatic nitrogens is 3. The van der Waals surface area contributed by atoms with E-state index in [1.807, 2.05) is 0 Å². The average molecular weight is 318 g/mol. The van der Waals surface area contributed by atoms with Gasteiger partial charge in [0.1, 0.15) is 18.1 Å². The van der Waals surface area contributed by atoms with Crippen molar-refractivity contribution in [3.05, 3.63) is 41.8 Å². The van der Waals surface area contributed by atoms with E-state index in [2.05, 4.69) is 19.8 Å². The van der Waals surface area contributed by atoms with Crippen LogP contribution < -0.4 is 4.74 Å². The molecule has 0 aliphatic heterocycles. The molecule has 2 heterocycles. The lowest BCUT2D eigenvalue weighted by molar-refractivity contribution is -0.0586. The minimum Gasteiger partial charge on any atom is -0.474 e. The Morgan fingerprint density at radius 3 is 2.91 bits per heavy atom. The number of nitrogens with one attached hydrogen (secondary N) is 1. The third kappa shape index (κ3) is 3.47. The quantitative estimate of drug-likeness (QED) is 0.870. The van der Waals surface area contributed by atoms with Gasteiger partial charge in [-0.2, -0.15) is 0 Å². The number of hydrogen-bond donors (Lipinski definition) is 1. The Kier molecular flexibility index (Phi) is 4.24. The van der Waals surface area contributed by atoms with Gasteiger partial charge in [0.15, 0.2) is 6.20 Å². The SMILES string of the molecule is [C-]#[N+]/C=C\Cc1c[nH]c2ncnc(OC3CCC(F)(F)CC3)c12. The molecule has 0 atom stereocenters. The number of fused-ring (bicyclic) bond motifs is 1. The van der Waals surface area contributed by atoms with Crippen LogP contribution in [0.15, 0.2) is 24.8 Å². The molecule has 0 saturated heterocycles. The van der Waals surface area contributed by atoms with Crippen molar-refractivity contribution in [3.8, 4) is 5.88 Å². The first kappa shape index (κ1) is 15.4. The molecule has 0 spiro atoms. The lowest BCUT2D eigenvalue weighted by atomic mass is 9.94. The van der Waals surface area contributed by atoms with Crippen LogP contribution in [0.5, 0.6) is 5.88 Å². The number of H-pyrrole nitrogens is 1. The van der Waals surface area contributed by atoms with Crippen molar-refractivity contribution >= 4 is 11.0 Å². The van der Waals surface area contributed by atoms with Gasteiger partial charge in [-0.3, -0.25) is 0 Å². The van der Waals surface area contributed by atoms with Gasteiger partial charge in [0.2, 0.25) is 11.8 Å². The minimum absolute atomic E-state index is 0.153. The summed E-state index contributed by atoms with van der Waals surface area (Å²) >= 11 is 0. The van der Waals surface area contributed by atoms with Gasteiger partial charge in [-0.15, -0.1) is 0 Å². The van der Waals surface area contributed by atoms with E-state index in [0.29, 0.717) is 30.8 Å². The van der Waals surface area contributed by atoms with Crippen molar-refractivity contribution in [2.75, 3.05) is 0 Å². The molecule has 1 aliphatic carbocycles. The zero-order valence-corrected chi connectivity index (χ0v) is 12.4. The van der Waals surface area contributed by atoms with Crippen LogP contribution in [0.4, 0.5) is 8.78 Å². The second-order valence-corrected chi connectivity index (χ2v) is 5.61. The third-order valence-electron chi connectivity index (χ3n) is 3.98. The van der Waals surface area contributed by atoms with E-state index in [1.54, 1.807) is 12.3 Å². The topological polar surface area (TPSA) is 55.2 Å². The summed E-state index contributed by atoms with van der Waals surface area (Å²) in [5, 5.41) is 0.750. The molecule has 0 amide bonds. The molecule has 2 aromatic heterocycles. The molecule has 2 aromatic rings. The number of nitrogens with zero attached hydrogens (tertiary/aromatic N) is 3. The highest BCUT2D eigenvalue weighted by Crippen LogP contribution is 2.35. The van der Waals surface area contributed by atoms with Crippen molar-refractivity contribution in [1.29, 1.82) is 0 Å². The maximum Gasteiger partial charge on any atom is 0.248 e. The summed E-state index contributed by atoms with van der Waals surface area (Å²) in [4.78, 5) is 14.5. The van der Waals surface area contributed by atoms with Crippen LogP contribution in [0.3, 0.4) is 0 Å². The maximum absolute atomic E-state index is 13.2. The average Bonchev–Trinajstić information content (AvgIpc) is 2.94. The molecule has 3 rings (SSSR count). The maximum atomic E-state index is 13.2. The van der Waals surface area contributed by atoms with Crippen LogP contribution in [0.2, 0.25) is 0 Å². The summed E-state index contributed by atoms with van der Waals surface area (Å²) in [6.45, 7) is 6.76. The fourth-order valence-electron chi connectivity index (χ4n) is 2.77. The molecule has 23 heavy (non-hydrogen) atoms. The number of hydrogen-bond acceptors (Lipinski definition) is 3. The molecule has 0 radical (unpaired) electrons. The third-order valence-corrected chi connectivity index (χ3v) is 3.98. The van der Waals surface area contributed by atoms with E-state index in [-0.39, 0.29) is 18.9 Å². The Balaban J connectivity index is 1.82. The largest absolute Gasteiger partial charge is 0.474 e. The summed E-state index contributed by atoms with van der Waals surface area (Å²) in [5.41, 5.74) is 1.55. The van der Waals surface area contributed by atoms with Crippen LogP contribution in [0.1, 0.15) is 31.2 Å². The standard InChI is InChI=1S/C16H16F2N4O/c1-19-8-2-3-11-9-20-14-13(11)15(22-10-21-14)23-12-4-6-16(17,18)7-5-12/h2,8-10,12H,3-7H2,(H,20,21,22)/b8-2-. The van der Waals surface area contributed by atoms with Crippen LogP contribution in [0.25, 0.3) is 15.9 Å². The van der Waals surface area contributed by atoms with Gasteiger partial charge in [-0.25, -0.2) is 23.6 Å². The summed E-state index contributed by atoms with van der Waals surface area (Å²) in [6.07, 6.45) is 6.95. The van der Waals surface area contributed by atoms with Crippen molar-refractivity contribution in [1.82, 2.24) is 15.0 Å². The minimum atomic E-state index is -2.58. The molecule has 0 unspecified atom stereocenters. The van der Waals surface area contributed by atoms with E-state index in [1.165, 1.54) is 12.5 Å². The normalized spacial score (nSPS) is 18.3. The van der Waals surface area contributed by atoms with Gasteiger partial charge in [0.25, 0.3) is 0 Å². The Bertz CT molecular complexity index is 753. The first-order valence-electron chi connectivity index (χ1n) is 7.46. The van der Waals surface area contributed by atoms with Gasteiger partial charge < -0.3 is 9.72 Å². The summed E-state index contributed by atoms with van der Waals surface area (Å²) in [6, 6.07) is 0. The van der Waals surface area contributed by atoms with Gasteiger partial charge in [0, 0.05) is 19.0 Å². The first-order chi connectivity index (χ1) is 11.1. The fraction of sp³-hybridized carbons (Fsp3) is 0.438. The summed E-state index contributed by atoms with van der Waals surface area (Å²) in [5.74, 6) is -2.16. The lowest BCUT2D eigenvalue weighted by Crippen LogP contribution is -2.31. The van der Waals surface area contributed by atoms with Crippen LogP contribution in [-0.2, 0) is 6.42 Å². The molecular formula is C16H16F2N4O. The van der Waals surface area contributed by atoms with Crippen LogP contribution in [-0.4, -0.2) is 27.0 Å². The van der Waals surface area contributed by atoms with Crippen LogP contribution in [0, 0.1) is 6.57 Å². The molecule has 5 nitrogen and oxygen atoms in total. The van der Waals surface area contributed by atoms with Gasteiger partial charge in [0.05, 0.1) is 12.0 Å². The Labute approximate surface area is 132 Å². The summed E-state index contributed by atoms with van der Waals surface area (Å²) < 4.78 is 32.4. The van der Waals surface area contributed by atoms with Crippen molar-refractivity contribution in [2.45, 2.75) is 44.1 Å². The molecular weight excluding hydrogens is 302 g/mol. The molecule has 0 bridgehead atoms. The predicted octanol–water partition coefficient (Wildman–Crippen LogP) is 3.89. The van der Waals surface area contributed by atoms with Gasteiger partial charge in [-0.1, -0.05) is 6.08 Å². The van der Waals surface area contributed by atoms with E-state index >= 15 is 0 Å². The second kappa shape index (κ2) is 6.32. The Morgan fingerprint density at radius 1 is 1.39 bits per heavy atom. The number of aromatic amines is 1. The second-order valence-electron chi connectivity index (χ2n) is 5.61. The number of allylic oxidation sites excluding steroid dienone is 1. The lowest BCUT2D eigenvalue weighted by Gasteiger charge is -2.28. The molecule has 1 N–H and O–H groups in total. The van der Waals surface area contributed by atoms with Crippen molar-refractivity contribution in [2.24, 2.45) is 0 Å². The number of ether oxygens (including phenoxy) is 1.